The third-order valence-electron chi connectivity index (χ3n) is 7.34. The number of hydrogen-bond donors (Lipinski definition) is 1. The Morgan fingerprint density at radius 3 is 2.02 bits per heavy atom. The molecule has 0 radical (unpaired) electrons. The van der Waals surface area contributed by atoms with Crippen LogP contribution in [-0.4, -0.2) is 64.8 Å². The van der Waals surface area contributed by atoms with Crippen LogP contribution in [-0.2, 0) is 27.2 Å². The lowest BCUT2D eigenvalue weighted by Gasteiger charge is -2.30. The van der Waals surface area contributed by atoms with Crippen molar-refractivity contribution >= 4 is 23.4 Å². The highest BCUT2D eigenvalue weighted by atomic mass is 16.5. The van der Waals surface area contributed by atoms with E-state index in [0.717, 1.165) is 43.5 Å². The predicted octanol–water partition coefficient (Wildman–Crippen LogP) is 4.89. The molecule has 1 fully saturated rings. The van der Waals surface area contributed by atoms with Gasteiger partial charge in [-0.05, 0) is 43.5 Å². The van der Waals surface area contributed by atoms with Crippen LogP contribution >= 0.6 is 0 Å². The van der Waals surface area contributed by atoms with Crippen LogP contribution in [0.3, 0.4) is 0 Å². The predicted molar refractivity (Wildman–Crippen MR) is 159 cm³/mol. The number of pyridine rings is 1. The highest BCUT2D eigenvalue weighted by Crippen LogP contribution is 2.20. The number of carbonyl (C=O) groups is 3. The van der Waals surface area contributed by atoms with E-state index in [1.54, 1.807) is 18.3 Å². The van der Waals surface area contributed by atoms with E-state index >= 15 is 0 Å². The molecule has 1 saturated heterocycles. The monoisotopic (exact) mass is 556 g/mol. The van der Waals surface area contributed by atoms with Gasteiger partial charge >= 0.3 is 0 Å². The average molecular weight is 557 g/mol. The van der Waals surface area contributed by atoms with E-state index in [1.165, 1.54) is 4.90 Å². The summed E-state index contributed by atoms with van der Waals surface area (Å²) >= 11 is 0. The van der Waals surface area contributed by atoms with Gasteiger partial charge in [-0.25, -0.2) is 4.98 Å². The first-order chi connectivity index (χ1) is 19.9. The first-order valence-corrected chi connectivity index (χ1v) is 14.5. The number of hydrogen-bond acceptors (Lipinski definition) is 6. The number of benzene rings is 2. The Balaban J connectivity index is 1.51. The number of piperidine rings is 1. The minimum atomic E-state index is -0.947. The molecule has 8 heteroatoms. The van der Waals surface area contributed by atoms with E-state index in [4.69, 9.17) is 4.74 Å². The summed E-state index contributed by atoms with van der Waals surface area (Å²) in [6.07, 6.45) is 5.50. The number of unbranched alkanes of at least 4 members (excludes halogenated alkanes) is 1. The second-order valence-corrected chi connectivity index (χ2v) is 10.6. The van der Waals surface area contributed by atoms with Crippen molar-refractivity contribution in [1.29, 1.82) is 0 Å². The molecule has 1 aliphatic heterocycles. The fourth-order valence-corrected chi connectivity index (χ4v) is 5.00. The highest BCUT2D eigenvalue weighted by Gasteiger charge is 2.34. The van der Waals surface area contributed by atoms with E-state index < -0.39 is 23.8 Å². The summed E-state index contributed by atoms with van der Waals surface area (Å²) in [5, 5.41) is 2.90. The van der Waals surface area contributed by atoms with Gasteiger partial charge in [-0.2, -0.15) is 0 Å². The number of amides is 3. The number of aromatic nitrogens is 1. The van der Waals surface area contributed by atoms with Crippen LogP contribution < -0.4 is 10.1 Å². The third kappa shape index (κ3) is 8.98. The van der Waals surface area contributed by atoms with E-state index in [2.05, 4.69) is 22.2 Å². The molecular weight excluding hydrogens is 516 g/mol. The lowest BCUT2D eigenvalue weighted by molar-refractivity contribution is -0.150. The number of anilines is 1. The molecule has 2 aromatic carbocycles. The summed E-state index contributed by atoms with van der Waals surface area (Å²) in [4.78, 5) is 48.8. The van der Waals surface area contributed by atoms with E-state index in [1.807, 2.05) is 67.6 Å². The molecule has 41 heavy (non-hydrogen) atoms. The van der Waals surface area contributed by atoms with Crippen molar-refractivity contribution in [2.75, 3.05) is 25.5 Å². The summed E-state index contributed by atoms with van der Waals surface area (Å²) in [6.45, 7) is 3.99. The largest absolute Gasteiger partial charge is 0.474 e. The second kappa shape index (κ2) is 15.1. The molecule has 8 nitrogen and oxygen atoms in total. The van der Waals surface area contributed by atoms with Gasteiger partial charge in [-0.3, -0.25) is 19.3 Å². The number of carbonyl (C=O) groups excluding carboxylic acids is 3. The normalized spacial score (nSPS) is 14.7. The molecule has 4 rings (SSSR count). The first-order valence-electron chi connectivity index (χ1n) is 14.5. The van der Waals surface area contributed by atoms with Crippen LogP contribution in [0.2, 0.25) is 0 Å². The van der Waals surface area contributed by atoms with Crippen molar-refractivity contribution in [1.82, 2.24) is 14.8 Å². The van der Waals surface area contributed by atoms with Gasteiger partial charge in [0.05, 0.1) is 24.7 Å². The molecule has 1 aliphatic rings. The van der Waals surface area contributed by atoms with Gasteiger partial charge in [-0.1, -0.05) is 80.4 Å². The lowest BCUT2D eigenvalue weighted by atomic mass is 10.0. The van der Waals surface area contributed by atoms with Gasteiger partial charge in [0, 0.05) is 19.2 Å². The van der Waals surface area contributed by atoms with Crippen molar-refractivity contribution in [3.05, 3.63) is 90.1 Å². The van der Waals surface area contributed by atoms with Crippen LogP contribution in [0.1, 0.15) is 50.2 Å². The molecule has 0 saturated carbocycles. The van der Waals surface area contributed by atoms with Crippen molar-refractivity contribution in [3.8, 4) is 5.88 Å². The number of ether oxygens (including phenoxy) is 1. The minimum absolute atomic E-state index is 0.0296. The van der Waals surface area contributed by atoms with Crippen LogP contribution in [0, 0.1) is 0 Å². The Morgan fingerprint density at radius 1 is 0.927 bits per heavy atom. The van der Waals surface area contributed by atoms with E-state index in [9.17, 15) is 14.4 Å². The molecule has 2 heterocycles. The van der Waals surface area contributed by atoms with Gasteiger partial charge in [-0.15, -0.1) is 0 Å². The fourth-order valence-electron chi connectivity index (χ4n) is 5.00. The maximum absolute atomic E-state index is 13.7. The molecule has 0 bridgehead atoms. The molecule has 216 valence electrons. The van der Waals surface area contributed by atoms with E-state index in [-0.39, 0.29) is 18.9 Å². The van der Waals surface area contributed by atoms with Gasteiger partial charge in [0.15, 0.2) is 0 Å². The topological polar surface area (TPSA) is 91.8 Å². The van der Waals surface area contributed by atoms with Gasteiger partial charge in [0.2, 0.25) is 23.6 Å². The molecule has 0 spiro atoms. The smallest absolute Gasteiger partial charge is 0.247 e. The molecular formula is C33H40N4O4. The quantitative estimate of drug-likeness (QED) is 0.342. The molecule has 1 unspecified atom stereocenters. The Hall–Kier alpha value is -4.04. The Labute approximate surface area is 242 Å². The van der Waals surface area contributed by atoms with Crippen LogP contribution in [0.5, 0.6) is 5.88 Å². The zero-order chi connectivity index (χ0) is 29.0. The van der Waals surface area contributed by atoms with Crippen LogP contribution in [0.25, 0.3) is 0 Å². The van der Waals surface area contributed by atoms with Crippen LogP contribution in [0.4, 0.5) is 5.69 Å². The minimum Gasteiger partial charge on any atom is -0.474 e. The molecule has 3 amide bonds. The number of likely N-dealkylation sites (tertiary alicyclic amines) is 1. The van der Waals surface area contributed by atoms with Gasteiger partial charge in [0.1, 0.15) is 12.1 Å². The zero-order valence-corrected chi connectivity index (χ0v) is 24.0. The fraction of sp³-hybridized carbons (Fsp3) is 0.394. The summed E-state index contributed by atoms with van der Waals surface area (Å²) in [7, 11) is 2.10. The molecule has 1 N–H and O–H groups in total. The summed E-state index contributed by atoms with van der Waals surface area (Å²) in [5.41, 5.74) is 2.06. The van der Waals surface area contributed by atoms with E-state index in [0.29, 0.717) is 24.4 Å². The summed E-state index contributed by atoms with van der Waals surface area (Å²) in [6, 6.07) is 21.1. The summed E-state index contributed by atoms with van der Waals surface area (Å²) < 4.78 is 6.03. The molecule has 1 atom stereocenters. The van der Waals surface area contributed by atoms with Crippen LogP contribution in [0.15, 0.2) is 79.0 Å². The van der Waals surface area contributed by atoms with Crippen molar-refractivity contribution in [3.63, 3.8) is 0 Å². The lowest BCUT2D eigenvalue weighted by Crippen LogP contribution is -2.51. The number of imide groups is 1. The van der Waals surface area contributed by atoms with Crippen molar-refractivity contribution in [2.24, 2.45) is 0 Å². The van der Waals surface area contributed by atoms with Crippen molar-refractivity contribution < 1.29 is 19.1 Å². The highest BCUT2D eigenvalue weighted by molar-refractivity contribution is 6.04. The SMILES string of the molecule is CCCCC(C(=O)Nc1ccc(OC2CCN(C)CC2)nc1)N(C(=O)Cc1ccccc1)C(=O)Cc1ccccc1. The number of nitrogens with zero attached hydrogens (tertiary/aromatic N) is 3. The maximum atomic E-state index is 13.7. The zero-order valence-electron chi connectivity index (χ0n) is 24.0. The Kier molecular flexibility index (Phi) is 11.0. The molecule has 3 aromatic rings. The second-order valence-electron chi connectivity index (χ2n) is 10.6. The van der Waals surface area contributed by atoms with Gasteiger partial charge in [0.25, 0.3) is 0 Å². The maximum Gasteiger partial charge on any atom is 0.247 e. The standard InChI is InChI=1S/C33H40N4O4/c1-3-4-15-29(33(40)35-27-16-17-30(34-24-27)41-28-18-20-36(2)21-19-28)37(31(38)22-25-11-7-5-8-12-25)32(39)23-26-13-9-6-10-14-26/h5-14,16-17,24,28-29H,3-4,15,18-23H2,1-2H3,(H,35,40). The molecule has 0 aliphatic carbocycles. The number of nitrogens with one attached hydrogen (secondary N) is 1. The summed E-state index contributed by atoms with van der Waals surface area (Å²) in [5.74, 6) is -0.688. The number of rotatable bonds is 12. The van der Waals surface area contributed by atoms with Crippen molar-refractivity contribution in [2.45, 2.75) is 64.0 Å². The first kappa shape index (κ1) is 29.9. The molecule has 1 aromatic heterocycles. The third-order valence-corrected chi connectivity index (χ3v) is 7.34. The Morgan fingerprint density at radius 2 is 1.51 bits per heavy atom. The average Bonchev–Trinajstić information content (AvgIpc) is 2.98. The Bertz CT molecular complexity index is 1210. The van der Waals surface area contributed by atoms with Gasteiger partial charge < -0.3 is 15.0 Å².